The van der Waals surface area contributed by atoms with Crippen molar-refractivity contribution in [3.63, 3.8) is 0 Å². The molecule has 0 amide bonds. The third-order valence-electron chi connectivity index (χ3n) is 3.26. The number of fused-ring (bicyclic) bond motifs is 1. The number of nitrogens with zero attached hydrogens (tertiary/aromatic N) is 1. The maximum Gasteiger partial charge on any atom is 0.0400 e. The van der Waals surface area contributed by atoms with Gasteiger partial charge in [-0.25, -0.2) is 0 Å². The minimum Gasteiger partial charge on any atom is -0.347 e. The molecule has 2 N–H and O–H groups in total. The molecule has 0 fully saturated rings. The monoisotopic (exact) mass is 204 g/mol. The van der Waals surface area contributed by atoms with Gasteiger partial charge in [-0.05, 0) is 29.9 Å². The number of allylic oxidation sites excluding steroid dienone is 1. The summed E-state index contributed by atoms with van der Waals surface area (Å²) < 4.78 is 2.27. The number of hydrogen-bond acceptors (Lipinski definition) is 1. The summed E-state index contributed by atoms with van der Waals surface area (Å²) in [5.74, 6) is 0. The quantitative estimate of drug-likeness (QED) is 0.738. The predicted molar refractivity (Wildman–Crippen MR) is 63.7 cm³/mol. The zero-order valence-corrected chi connectivity index (χ0v) is 9.66. The van der Waals surface area contributed by atoms with Crippen LogP contribution in [0.2, 0.25) is 0 Å². The lowest BCUT2D eigenvalue weighted by Crippen LogP contribution is -2.30. The Morgan fingerprint density at radius 2 is 2.40 bits per heavy atom. The van der Waals surface area contributed by atoms with Gasteiger partial charge in [-0.2, -0.15) is 0 Å². The molecule has 1 aliphatic rings. The molecule has 0 radical (unpaired) electrons. The summed E-state index contributed by atoms with van der Waals surface area (Å²) in [6.45, 7) is 9.26. The maximum absolute atomic E-state index is 6.19. The lowest BCUT2D eigenvalue weighted by Gasteiger charge is -2.34. The molecule has 1 aromatic rings. The van der Waals surface area contributed by atoms with Gasteiger partial charge >= 0.3 is 0 Å². The first-order valence-electron chi connectivity index (χ1n) is 5.58. The van der Waals surface area contributed by atoms with E-state index in [0.717, 1.165) is 19.4 Å². The lowest BCUT2D eigenvalue weighted by atomic mass is 9.74. The van der Waals surface area contributed by atoms with Gasteiger partial charge in [0.25, 0.3) is 0 Å². The number of nitrogens with two attached hydrogens (primary N) is 1. The van der Waals surface area contributed by atoms with E-state index in [0.29, 0.717) is 5.41 Å². The summed E-state index contributed by atoms with van der Waals surface area (Å²) in [7, 11) is 0. The Bertz CT molecular complexity index is 374. The molecule has 1 heterocycles. The molecule has 2 heteroatoms. The van der Waals surface area contributed by atoms with Crippen LogP contribution in [0.4, 0.5) is 0 Å². The zero-order valence-electron chi connectivity index (χ0n) is 9.66. The molecule has 15 heavy (non-hydrogen) atoms. The van der Waals surface area contributed by atoms with Crippen LogP contribution in [-0.2, 0) is 13.0 Å². The van der Waals surface area contributed by atoms with Crippen LogP contribution in [0, 0.1) is 5.41 Å². The Morgan fingerprint density at radius 1 is 1.67 bits per heavy atom. The van der Waals surface area contributed by atoms with E-state index in [1.807, 2.05) is 6.08 Å². The highest BCUT2D eigenvalue weighted by molar-refractivity contribution is 5.30. The maximum atomic E-state index is 6.19. The summed E-state index contributed by atoms with van der Waals surface area (Å²) in [4.78, 5) is 0. The molecule has 0 saturated heterocycles. The van der Waals surface area contributed by atoms with Gasteiger partial charge < -0.3 is 10.3 Å². The molecule has 1 unspecified atom stereocenters. The fourth-order valence-corrected chi connectivity index (χ4v) is 2.60. The Hall–Kier alpha value is -1.02. The van der Waals surface area contributed by atoms with Gasteiger partial charge in [0.1, 0.15) is 0 Å². The van der Waals surface area contributed by atoms with Crippen molar-refractivity contribution in [1.29, 1.82) is 0 Å². The van der Waals surface area contributed by atoms with Crippen LogP contribution in [-0.4, -0.2) is 4.57 Å². The van der Waals surface area contributed by atoms with Crippen LogP contribution in [0.25, 0.3) is 0 Å². The molecule has 1 aromatic heterocycles. The SMILES string of the molecule is C=CCn1ccc2c1CC(C)(C)CC2N. The van der Waals surface area contributed by atoms with Crippen LogP contribution < -0.4 is 5.73 Å². The first-order chi connectivity index (χ1) is 7.03. The van der Waals surface area contributed by atoms with Crippen molar-refractivity contribution in [2.75, 3.05) is 0 Å². The van der Waals surface area contributed by atoms with Crippen LogP contribution in [0.15, 0.2) is 24.9 Å². The first-order valence-corrected chi connectivity index (χ1v) is 5.58. The van der Waals surface area contributed by atoms with Crippen molar-refractivity contribution in [2.24, 2.45) is 11.1 Å². The third kappa shape index (κ3) is 1.86. The van der Waals surface area contributed by atoms with Crippen molar-refractivity contribution < 1.29 is 0 Å². The largest absolute Gasteiger partial charge is 0.347 e. The van der Waals surface area contributed by atoms with Gasteiger partial charge in [-0.3, -0.25) is 0 Å². The van der Waals surface area contributed by atoms with Crippen molar-refractivity contribution in [1.82, 2.24) is 4.57 Å². The summed E-state index contributed by atoms with van der Waals surface area (Å²) in [6.07, 6.45) is 6.27. The van der Waals surface area contributed by atoms with Crippen LogP contribution >= 0.6 is 0 Å². The van der Waals surface area contributed by atoms with E-state index >= 15 is 0 Å². The second-order valence-corrected chi connectivity index (χ2v) is 5.31. The highest BCUT2D eigenvalue weighted by Gasteiger charge is 2.31. The van der Waals surface area contributed by atoms with Gasteiger partial charge in [0.2, 0.25) is 0 Å². The summed E-state index contributed by atoms with van der Waals surface area (Å²) in [6, 6.07) is 2.37. The highest BCUT2D eigenvalue weighted by Crippen LogP contribution is 2.39. The molecule has 82 valence electrons. The van der Waals surface area contributed by atoms with E-state index in [2.05, 4.69) is 37.3 Å². The third-order valence-corrected chi connectivity index (χ3v) is 3.26. The van der Waals surface area contributed by atoms with Crippen molar-refractivity contribution in [2.45, 2.75) is 39.3 Å². The van der Waals surface area contributed by atoms with Crippen LogP contribution in [0.1, 0.15) is 37.6 Å². The second-order valence-electron chi connectivity index (χ2n) is 5.31. The lowest BCUT2D eigenvalue weighted by molar-refractivity contribution is 0.276. The van der Waals surface area contributed by atoms with Crippen LogP contribution in [0.5, 0.6) is 0 Å². The molecule has 0 aliphatic heterocycles. The minimum absolute atomic E-state index is 0.204. The van der Waals surface area contributed by atoms with Crippen molar-refractivity contribution >= 4 is 0 Å². The number of aromatic nitrogens is 1. The van der Waals surface area contributed by atoms with Gasteiger partial charge in [-0.1, -0.05) is 19.9 Å². The Morgan fingerprint density at radius 3 is 3.07 bits per heavy atom. The normalized spacial score (nSPS) is 23.5. The van der Waals surface area contributed by atoms with E-state index in [9.17, 15) is 0 Å². The smallest absolute Gasteiger partial charge is 0.0400 e. The number of rotatable bonds is 2. The topological polar surface area (TPSA) is 30.9 Å². The number of hydrogen-bond donors (Lipinski definition) is 1. The minimum atomic E-state index is 0.204. The fraction of sp³-hybridized carbons (Fsp3) is 0.538. The Kier molecular flexibility index (Phi) is 2.47. The summed E-state index contributed by atoms with van der Waals surface area (Å²) >= 11 is 0. The summed E-state index contributed by atoms with van der Waals surface area (Å²) in [5, 5.41) is 0. The molecule has 2 nitrogen and oxygen atoms in total. The van der Waals surface area contributed by atoms with E-state index in [4.69, 9.17) is 5.73 Å². The molecule has 0 saturated carbocycles. The van der Waals surface area contributed by atoms with Gasteiger partial charge in [0.05, 0.1) is 0 Å². The predicted octanol–water partition coefficient (Wildman–Crippen LogP) is 2.65. The molecule has 1 aliphatic carbocycles. The zero-order chi connectivity index (χ0) is 11.1. The average molecular weight is 204 g/mol. The fourth-order valence-electron chi connectivity index (χ4n) is 2.60. The first kappa shape index (κ1) is 10.5. The van der Waals surface area contributed by atoms with E-state index in [-0.39, 0.29) is 6.04 Å². The molecule has 0 aromatic carbocycles. The molecule has 1 atom stereocenters. The van der Waals surface area contributed by atoms with Gasteiger partial charge in [-0.15, -0.1) is 6.58 Å². The van der Waals surface area contributed by atoms with Gasteiger partial charge in [0.15, 0.2) is 0 Å². The molecule has 0 bridgehead atoms. The van der Waals surface area contributed by atoms with Crippen LogP contribution in [0.3, 0.4) is 0 Å². The average Bonchev–Trinajstić information content (AvgIpc) is 2.47. The van der Waals surface area contributed by atoms with Crippen molar-refractivity contribution in [3.05, 3.63) is 36.2 Å². The molecular formula is C13H20N2. The standard InChI is InChI=1S/C13H20N2/c1-4-6-15-7-5-10-11(14)8-13(2,3)9-12(10)15/h4-5,7,11H,1,6,8-9,14H2,2-3H3. The van der Waals surface area contributed by atoms with E-state index in [1.165, 1.54) is 11.3 Å². The Balaban J connectivity index is 2.40. The molecule has 2 rings (SSSR count). The second kappa shape index (κ2) is 3.53. The van der Waals surface area contributed by atoms with E-state index < -0.39 is 0 Å². The summed E-state index contributed by atoms with van der Waals surface area (Å²) in [5.41, 5.74) is 9.25. The Labute approximate surface area is 91.8 Å². The molecule has 0 spiro atoms. The van der Waals surface area contributed by atoms with E-state index in [1.54, 1.807) is 0 Å². The van der Waals surface area contributed by atoms with Crippen molar-refractivity contribution in [3.8, 4) is 0 Å². The molecular weight excluding hydrogens is 184 g/mol. The van der Waals surface area contributed by atoms with Gasteiger partial charge in [0, 0.05) is 24.5 Å². The highest BCUT2D eigenvalue weighted by atomic mass is 15.0.